The van der Waals surface area contributed by atoms with Crippen molar-refractivity contribution in [3.63, 3.8) is 0 Å². The third-order valence-corrected chi connectivity index (χ3v) is 3.94. The summed E-state index contributed by atoms with van der Waals surface area (Å²) in [6, 6.07) is 11.2. The smallest absolute Gasteiger partial charge is 0.0446 e. The van der Waals surface area contributed by atoms with Crippen molar-refractivity contribution in [1.82, 2.24) is 10.2 Å². The van der Waals surface area contributed by atoms with Crippen molar-refractivity contribution in [2.45, 2.75) is 26.3 Å². The van der Waals surface area contributed by atoms with E-state index >= 15 is 0 Å². The van der Waals surface area contributed by atoms with Gasteiger partial charge < -0.3 is 10.2 Å². The second kappa shape index (κ2) is 6.35. The Morgan fingerprint density at radius 2 is 1.78 bits per heavy atom. The van der Waals surface area contributed by atoms with Crippen LogP contribution in [0.5, 0.6) is 0 Å². The summed E-state index contributed by atoms with van der Waals surface area (Å²) >= 11 is 0. The predicted molar refractivity (Wildman–Crippen MR) is 77.6 cm³/mol. The molecule has 0 amide bonds. The average molecular weight is 246 g/mol. The molecule has 2 nitrogen and oxygen atoms in total. The van der Waals surface area contributed by atoms with Crippen molar-refractivity contribution in [3.8, 4) is 0 Å². The van der Waals surface area contributed by atoms with Crippen LogP contribution in [0.25, 0.3) is 0 Å². The maximum atomic E-state index is 3.45. The molecule has 3 unspecified atom stereocenters. The van der Waals surface area contributed by atoms with Gasteiger partial charge in [-0.05, 0) is 30.9 Å². The minimum Gasteiger partial charge on any atom is -0.312 e. The van der Waals surface area contributed by atoms with E-state index in [1.807, 2.05) is 0 Å². The monoisotopic (exact) mass is 246 g/mol. The van der Waals surface area contributed by atoms with Crippen molar-refractivity contribution in [2.75, 3.05) is 26.7 Å². The minimum absolute atomic E-state index is 0.448. The molecule has 0 spiro atoms. The van der Waals surface area contributed by atoms with Gasteiger partial charge in [-0.15, -0.1) is 0 Å². The van der Waals surface area contributed by atoms with Crippen LogP contribution in [0.2, 0.25) is 0 Å². The van der Waals surface area contributed by atoms with Gasteiger partial charge in [-0.3, -0.25) is 0 Å². The van der Waals surface area contributed by atoms with Gasteiger partial charge in [0, 0.05) is 25.7 Å². The zero-order chi connectivity index (χ0) is 13.0. The van der Waals surface area contributed by atoms with Gasteiger partial charge in [-0.1, -0.05) is 44.2 Å². The lowest BCUT2D eigenvalue weighted by molar-refractivity contribution is 0.129. The lowest BCUT2D eigenvalue weighted by Crippen LogP contribution is -2.42. The Morgan fingerprint density at radius 1 is 1.17 bits per heavy atom. The molecule has 2 rings (SSSR count). The zero-order valence-electron chi connectivity index (χ0n) is 11.9. The maximum absolute atomic E-state index is 3.45. The normalized spacial score (nSPS) is 27.1. The molecule has 1 saturated heterocycles. The van der Waals surface area contributed by atoms with Crippen molar-refractivity contribution in [2.24, 2.45) is 11.8 Å². The number of nitrogens with zero attached hydrogens (tertiary/aromatic N) is 1. The maximum Gasteiger partial charge on any atom is 0.0446 e. The fraction of sp³-hybridized carbons (Fsp3) is 0.625. The van der Waals surface area contributed by atoms with Crippen molar-refractivity contribution in [1.29, 1.82) is 0 Å². The van der Waals surface area contributed by atoms with Crippen LogP contribution in [0.1, 0.15) is 31.9 Å². The number of likely N-dealkylation sites (tertiary alicyclic amines) is 1. The number of rotatable bonds is 4. The van der Waals surface area contributed by atoms with Crippen LogP contribution >= 0.6 is 0 Å². The van der Waals surface area contributed by atoms with Gasteiger partial charge in [0.15, 0.2) is 0 Å². The van der Waals surface area contributed by atoms with Crippen LogP contribution in [-0.4, -0.2) is 31.6 Å². The molecular formula is C16H26N2. The van der Waals surface area contributed by atoms with E-state index in [0.29, 0.717) is 6.04 Å². The van der Waals surface area contributed by atoms with Crippen LogP contribution in [0.4, 0.5) is 0 Å². The molecule has 100 valence electrons. The van der Waals surface area contributed by atoms with E-state index in [1.54, 1.807) is 0 Å². The van der Waals surface area contributed by atoms with E-state index < -0.39 is 0 Å². The van der Waals surface area contributed by atoms with Crippen LogP contribution in [0.15, 0.2) is 30.3 Å². The Bertz CT molecular complexity index is 339. The fourth-order valence-corrected chi connectivity index (χ4v) is 3.25. The highest BCUT2D eigenvalue weighted by atomic mass is 15.2. The molecule has 1 aromatic rings. The van der Waals surface area contributed by atoms with Crippen LogP contribution in [-0.2, 0) is 0 Å². The minimum atomic E-state index is 0.448. The van der Waals surface area contributed by atoms with E-state index in [2.05, 4.69) is 61.4 Å². The third kappa shape index (κ3) is 3.56. The Labute approximate surface area is 111 Å². The molecular weight excluding hydrogens is 220 g/mol. The fourth-order valence-electron chi connectivity index (χ4n) is 3.25. The first kappa shape index (κ1) is 13.6. The van der Waals surface area contributed by atoms with Crippen LogP contribution < -0.4 is 5.32 Å². The summed E-state index contributed by atoms with van der Waals surface area (Å²) in [6.07, 6.45) is 1.38. The van der Waals surface area contributed by atoms with Crippen molar-refractivity contribution >= 4 is 0 Å². The highest BCUT2D eigenvalue weighted by molar-refractivity contribution is 5.19. The van der Waals surface area contributed by atoms with Gasteiger partial charge >= 0.3 is 0 Å². The van der Waals surface area contributed by atoms with Gasteiger partial charge in [0.2, 0.25) is 0 Å². The molecule has 0 saturated carbocycles. The molecule has 1 aromatic carbocycles. The molecule has 1 aliphatic rings. The predicted octanol–water partition coefficient (Wildman–Crippen LogP) is 2.93. The Balaban J connectivity index is 1.98. The van der Waals surface area contributed by atoms with Gasteiger partial charge in [0.25, 0.3) is 0 Å². The molecule has 1 heterocycles. The summed E-state index contributed by atoms with van der Waals surface area (Å²) in [5.41, 5.74) is 1.39. The molecule has 0 aliphatic carbocycles. The molecule has 3 atom stereocenters. The first-order valence-corrected chi connectivity index (χ1v) is 7.13. The number of piperidine rings is 1. The molecule has 0 radical (unpaired) electrons. The largest absolute Gasteiger partial charge is 0.312 e. The standard InChI is InChI=1S/C16H26N2/c1-13-9-14(2)11-18(10-13)12-16(17-3)15-7-5-4-6-8-15/h4-8,13-14,16-17H,9-12H2,1-3H3. The number of likely N-dealkylation sites (N-methyl/N-ethyl adjacent to an activating group) is 1. The first-order valence-electron chi connectivity index (χ1n) is 7.13. The number of benzene rings is 1. The lowest BCUT2D eigenvalue weighted by Gasteiger charge is -2.37. The van der Waals surface area contributed by atoms with E-state index in [0.717, 1.165) is 18.4 Å². The number of hydrogen-bond acceptors (Lipinski definition) is 2. The third-order valence-electron chi connectivity index (χ3n) is 3.94. The second-order valence-electron chi connectivity index (χ2n) is 5.92. The summed E-state index contributed by atoms with van der Waals surface area (Å²) in [5.74, 6) is 1.67. The highest BCUT2D eigenvalue weighted by Gasteiger charge is 2.23. The van der Waals surface area contributed by atoms with E-state index in [9.17, 15) is 0 Å². The van der Waals surface area contributed by atoms with E-state index in [1.165, 1.54) is 25.1 Å². The molecule has 1 fully saturated rings. The van der Waals surface area contributed by atoms with Gasteiger partial charge in [0.1, 0.15) is 0 Å². The summed E-state index contributed by atoms with van der Waals surface area (Å²) in [7, 11) is 2.06. The molecule has 18 heavy (non-hydrogen) atoms. The van der Waals surface area contributed by atoms with Gasteiger partial charge in [-0.25, -0.2) is 0 Å². The van der Waals surface area contributed by atoms with Gasteiger partial charge in [-0.2, -0.15) is 0 Å². The van der Waals surface area contributed by atoms with Crippen LogP contribution in [0.3, 0.4) is 0 Å². The highest BCUT2D eigenvalue weighted by Crippen LogP contribution is 2.23. The molecule has 2 heteroatoms. The zero-order valence-corrected chi connectivity index (χ0v) is 11.9. The van der Waals surface area contributed by atoms with Crippen LogP contribution in [0, 0.1) is 11.8 Å². The molecule has 0 aromatic heterocycles. The van der Waals surface area contributed by atoms with E-state index in [4.69, 9.17) is 0 Å². The van der Waals surface area contributed by atoms with E-state index in [-0.39, 0.29) is 0 Å². The second-order valence-corrected chi connectivity index (χ2v) is 5.92. The van der Waals surface area contributed by atoms with Crippen molar-refractivity contribution < 1.29 is 0 Å². The molecule has 0 bridgehead atoms. The SMILES string of the molecule is CNC(CN1CC(C)CC(C)C1)c1ccccc1. The molecule has 1 N–H and O–H groups in total. The van der Waals surface area contributed by atoms with Crippen molar-refractivity contribution in [3.05, 3.63) is 35.9 Å². The Morgan fingerprint density at radius 3 is 2.33 bits per heavy atom. The summed E-state index contributed by atoms with van der Waals surface area (Å²) in [4.78, 5) is 2.62. The average Bonchev–Trinajstić information content (AvgIpc) is 2.36. The summed E-state index contributed by atoms with van der Waals surface area (Å²) in [5, 5.41) is 3.45. The first-order chi connectivity index (χ1) is 8.69. The number of nitrogens with one attached hydrogen (secondary N) is 1. The van der Waals surface area contributed by atoms with Gasteiger partial charge in [0.05, 0.1) is 0 Å². The topological polar surface area (TPSA) is 15.3 Å². The Kier molecular flexibility index (Phi) is 4.79. The quantitative estimate of drug-likeness (QED) is 0.879. The summed E-state index contributed by atoms with van der Waals surface area (Å²) in [6.45, 7) is 8.36. The Hall–Kier alpha value is -0.860. The molecule has 1 aliphatic heterocycles. The number of hydrogen-bond donors (Lipinski definition) is 1. The lowest BCUT2D eigenvalue weighted by atomic mass is 9.91. The summed E-state index contributed by atoms with van der Waals surface area (Å²) < 4.78 is 0.